The molecule has 68 heavy (non-hydrogen) atoms. The number of carbonyl (C=O) groups excluding carboxylic acids is 1. The zero-order valence-electron chi connectivity index (χ0n) is 38.5. The zero-order chi connectivity index (χ0) is 47.2. The number of nitrogens with one attached hydrogen (secondary N) is 3. The van der Waals surface area contributed by atoms with Gasteiger partial charge < -0.3 is 24.7 Å². The third kappa shape index (κ3) is 10.1. The first-order chi connectivity index (χ1) is 32.7. The van der Waals surface area contributed by atoms with Crippen molar-refractivity contribution in [3.63, 3.8) is 0 Å². The molecular formula is C49H59N9O8S2. The third-order valence-corrected chi connectivity index (χ3v) is 16.8. The number of rotatable bonds is 14. The molecule has 2 saturated heterocycles. The number of anilines is 2. The number of piperidine rings is 1. The average molecular weight is 966 g/mol. The smallest absolute Gasteiger partial charge is 0.312 e. The number of H-pyrrole nitrogens is 1. The van der Waals surface area contributed by atoms with E-state index in [9.17, 15) is 27.5 Å². The molecular weight excluding hydrogens is 907 g/mol. The lowest BCUT2D eigenvalue weighted by Crippen LogP contribution is -2.58. The van der Waals surface area contributed by atoms with Gasteiger partial charge in [-0.05, 0) is 117 Å². The molecule has 1 atom stereocenters. The second-order valence-electron chi connectivity index (χ2n) is 19.7. The number of carbonyl (C=O) groups is 1. The number of nitro groups is 1. The summed E-state index contributed by atoms with van der Waals surface area (Å²) in [4.78, 5) is 41.6. The van der Waals surface area contributed by atoms with Gasteiger partial charge in [0, 0.05) is 83.9 Å². The molecule has 0 unspecified atom stereocenters. The van der Waals surface area contributed by atoms with E-state index in [0.29, 0.717) is 29.9 Å². The van der Waals surface area contributed by atoms with Crippen molar-refractivity contribution in [3.8, 4) is 11.5 Å². The molecule has 0 bridgehead atoms. The van der Waals surface area contributed by atoms with Crippen LogP contribution in [-0.2, 0) is 24.5 Å². The molecule has 5 aromatic rings. The van der Waals surface area contributed by atoms with Gasteiger partial charge in [0.25, 0.3) is 15.9 Å². The average Bonchev–Trinajstić information content (AvgIpc) is 4.06. The van der Waals surface area contributed by atoms with Crippen LogP contribution in [0.1, 0.15) is 97.7 Å². The van der Waals surface area contributed by atoms with Gasteiger partial charge in [-0.2, -0.15) is 0 Å². The number of fused-ring (bicyclic) bond motifs is 1. The highest BCUT2D eigenvalue weighted by atomic mass is 32.2. The van der Waals surface area contributed by atoms with E-state index in [0.717, 1.165) is 108 Å². The summed E-state index contributed by atoms with van der Waals surface area (Å²) < 4.78 is 58.6. The van der Waals surface area contributed by atoms with Crippen molar-refractivity contribution in [1.82, 2.24) is 24.6 Å². The Hall–Kier alpha value is -5.63. The van der Waals surface area contributed by atoms with E-state index in [4.69, 9.17) is 9.47 Å². The van der Waals surface area contributed by atoms with Crippen LogP contribution in [0.2, 0.25) is 0 Å². The van der Waals surface area contributed by atoms with Gasteiger partial charge in [0.2, 0.25) is 5.82 Å². The normalized spacial score (nSPS) is 22.4. The summed E-state index contributed by atoms with van der Waals surface area (Å²) in [6, 6.07) is 19.4. The number of pyridine rings is 2. The van der Waals surface area contributed by atoms with Crippen LogP contribution in [0.3, 0.4) is 0 Å². The number of sulfonamides is 1. The Morgan fingerprint density at radius 1 is 0.956 bits per heavy atom. The lowest BCUT2D eigenvalue weighted by Gasteiger charge is -2.57. The topological polar surface area (TPSA) is 214 Å². The molecule has 360 valence electrons. The van der Waals surface area contributed by atoms with Crippen molar-refractivity contribution in [3.05, 3.63) is 106 Å². The Kier molecular flexibility index (Phi) is 12.7. The van der Waals surface area contributed by atoms with Crippen LogP contribution in [0.15, 0.2) is 88.5 Å². The maximum absolute atomic E-state index is 14.0. The van der Waals surface area contributed by atoms with Crippen LogP contribution in [0, 0.1) is 21.4 Å². The van der Waals surface area contributed by atoms with Crippen LogP contribution < -0.4 is 19.7 Å². The van der Waals surface area contributed by atoms with E-state index in [1.165, 1.54) is 30.2 Å². The van der Waals surface area contributed by atoms with E-state index >= 15 is 0 Å². The first-order valence-corrected chi connectivity index (χ1v) is 27.5. The van der Waals surface area contributed by atoms with Crippen LogP contribution in [0.4, 0.5) is 17.2 Å². The zero-order valence-corrected chi connectivity index (χ0v) is 40.1. The van der Waals surface area contributed by atoms with Gasteiger partial charge >= 0.3 is 5.69 Å². The summed E-state index contributed by atoms with van der Waals surface area (Å²) in [5, 5.41) is 16.0. The van der Waals surface area contributed by atoms with Gasteiger partial charge in [-0.15, -0.1) is 0 Å². The molecule has 19 heteroatoms. The predicted molar refractivity (Wildman–Crippen MR) is 260 cm³/mol. The number of aromatic amines is 1. The van der Waals surface area contributed by atoms with Crippen molar-refractivity contribution in [2.24, 2.45) is 15.7 Å². The highest BCUT2D eigenvalue weighted by Crippen LogP contribution is 2.54. The number of aromatic nitrogens is 3. The van der Waals surface area contributed by atoms with E-state index in [1.54, 1.807) is 43.0 Å². The maximum Gasteiger partial charge on any atom is 0.312 e. The molecule has 5 heterocycles. The van der Waals surface area contributed by atoms with Crippen molar-refractivity contribution in [2.45, 2.75) is 93.1 Å². The second kappa shape index (κ2) is 18.7. The quantitative estimate of drug-likeness (QED) is 0.0708. The molecule has 0 radical (unpaired) electrons. The number of amides is 1. The Morgan fingerprint density at radius 2 is 1.72 bits per heavy atom. The Labute approximate surface area is 397 Å². The minimum Gasteiger partial charge on any atom is -0.455 e. The van der Waals surface area contributed by atoms with E-state index < -0.39 is 41.2 Å². The van der Waals surface area contributed by atoms with E-state index in [1.807, 2.05) is 6.07 Å². The number of benzene rings is 2. The monoisotopic (exact) mass is 965 g/mol. The highest BCUT2D eigenvalue weighted by Gasteiger charge is 2.50. The molecule has 3 saturated carbocycles. The molecule has 17 nitrogen and oxygen atoms in total. The summed E-state index contributed by atoms with van der Waals surface area (Å²) in [5.41, 5.74) is 4.10. The van der Waals surface area contributed by atoms with Gasteiger partial charge in [-0.1, -0.05) is 24.3 Å². The number of ether oxygens (including phenoxy) is 2. The molecule has 3 aromatic heterocycles. The summed E-state index contributed by atoms with van der Waals surface area (Å²) in [7, 11) is -6.85. The summed E-state index contributed by atoms with van der Waals surface area (Å²) in [6.45, 7) is 4.45. The lowest BCUT2D eigenvalue weighted by molar-refractivity contribution is -0.384. The van der Waals surface area contributed by atoms with Crippen LogP contribution in [-0.4, -0.2) is 107 Å². The van der Waals surface area contributed by atoms with Gasteiger partial charge in [0.05, 0.1) is 48.2 Å². The number of nitrogens with zero attached hydrogens (tertiary/aromatic N) is 6. The molecule has 10 rings (SSSR count). The summed E-state index contributed by atoms with van der Waals surface area (Å²) in [5.74, 6) is 0.285. The fraction of sp³-hybridized carbons (Fsp3) is 0.490. The van der Waals surface area contributed by atoms with Gasteiger partial charge in [-0.3, -0.25) is 24.0 Å². The van der Waals surface area contributed by atoms with Crippen molar-refractivity contribution < 1.29 is 31.8 Å². The molecule has 3 aliphatic carbocycles. The highest BCUT2D eigenvalue weighted by molar-refractivity contribution is 7.92. The molecule has 1 amide bonds. The largest absolute Gasteiger partial charge is 0.455 e. The van der Waals surface area contributed by atoms with E-state index in [2.05, 4.69) is 63.4 Å². The predicted octanol–water partition coefficient (Wildman–Crippen LogP) is 8.18. The van der Waals surface area contributed by atoms with Gasteiger partial charge in [0.15, 0.2) is 0 Å². The number of hydrogen-bond acceptors (Lipinski definition) is 14. The Bertz CT molecular complexity index is 2940. The fourth-order valence-electron chi connectivity index (χ4n) is 11.0. The molecule has 2 aliphatic heterocycles. The molecule has 1 spiro atoms. The minimum atomic E-state index is -4.64. The number of hydrogen-bond donors (Lipinski definition) is 3. The van der Waals surface area contributed by atoms with Crippen molar-refractivity contribution in [1.29, 1.82) is 0 Å². The first kappa shape index (κ1) is 46.1. The SMILES string of the molecule is CS(C)(=O)=NC1CCC(CNc2ncc(S(=O)(=O)NC(=O)c3ccc(N4CCC5(CC4)CC(N4CCOC[C@H]4c4ccccc4C4CC4)C5)cc3Oc3cnc4[nH]ccc4c3)cc2[N+](=O)[O-])CC1. The molecule has 5 aliphatic rings. The van der Waals surface area contributed by atoms with Gasteiger partial charge in [-0.25, -0.2) is 27.5 Å². The summed E-state index contributed by atoms with van der Waals surface area (Å²) >= 11 is 0. The standard InChI is InChI=1S/C49H59N9O8S2/c1-67(2,62)54-35-11-7-32(8-12-35)28-51-47-43(58(60)61)25-39(30-53-47)68(63,64)55-48(59)42-14-13-36(24-45(42)66-38-23-34-15-18-50-46(34)52-29-38)56-19-16-49(17-20-56)26-37(27-49)57-21-22-65-31-44(57)41-6-4-3-5-40(41)33-9-10-33/h3-6,13-15,18,23-25,29-30,32-33,35,37,44H,7-12,16-17,19-22,26-28,31H2,1-2H3,(H,50,52)(H,51,53)(H,55,59)/t32?,35?,44-/m0/s1. The lowest BCUT2D eigenvalue weighted by atomic mass is 9.59. The van der Waals surface area contributed by atoms with E-state index in [-0.39, 0.29) is 40.5 Å². The molecule has 2 aromatic carbocycles. The fourth-order valence-corrected chi connectivity index (χ4v) is 12.8. The maximum atomic E-state index is 14.0. The summed E-state index contributed by atoms with van der Waals surface area (Å²) in [6.07, 6.45) is 17.5. The third-order valence-electron chi connectivity index (χ3n) is 14.7. The van der Waals surface area contributed by atoms with Crippen LogP contribution in [0.5, 0.6) is 11.5 Å². The van der Waals surface area contributed by atoms with Crippen molar-refractivity contribution in [2.75, 3.05) is 62.1 Å². The Balaban J connectivity index is 0.822. The first-order valence-electron chi connectivity index (χ1n) is 23.7. The van der Waals surface area contributed by atoms with Crippen LogP contribution >= 0.6 is 0 Å². The number of morpholine rings is 1. The minimum absolute atomic E-state index is 0.0200. The Morgan fingerprint density at radius 3 is 2.46 bits per heavy atom. The van der Waals surface area contributed by atoms with Crippen molar-refractivity contribution >= 4 is 53.9 Å². The second-order valence-corrected chi connectivity index (χ2v) is 24.0. The molecule has 5 fully saturated rings. The van der Waals surface area contributed by atoms with Gasteiger partial charge in [0.1, 0.15) is 22.0 Å². The molecule has 3 N–H and O–H groups in total. The van der Waals surface area contributed by atoms with Crippen LogP contribution in [0.25, 0.3) is 11.0 Å².